The molecule has 152 valence electrons. The summed E-state index contributed by atoms with van der Waals surface area (Å²) in [5.74, 6) is -0.382. The van der Waals surface area contributed by atoms with Crippen LogP contribution < -0.4 is 5.32 Å². The Hall–Kier alpha value is -1.51. The molecule has 0 saturated carbocycles. The van der Waals surface area contributed by atoms with Crippen molar-refractivity contribution in [1.82, 2.24) is 14.5 Å². The largest absolute Gasteiger partial charge is 0.340 e. The van der Waals surface area contributed by atoms with E-state index in [1.165, 1.54) is 23.5 Å². The molecule has 8 heteroatoms. The number of halogens is 1. The monoisotopic (exact) mass is 399 g/mol. The number of hydrogen-bond donors (Lipinski definition) is 1. The predicted octanol–water partition coefficient (Wildman–Crippen LogP) is 2.22. The van der Waals surface area contributed by atoms with Gasteiger partial charge in [-0.15, -0.1) is 0 Å². The van der Waals surface area contributed by atoms with Gasteiger partial charge in [0.05, 0.1) is 4.90 Å². The summed E-state index contributed by atoms with van der Waals surface area (Å²) < 4.78 is 39.2. The molecule has 1 saturated heterocycles. The highest BCUT2D eigenvalue weighted by atomic mass is 32.2. The molecule has 6 nitrogen and oxygen atoms in total. The van der Waals surface area contributed by atoms with E-state index in [4.69, 9.17) is 0 Å². The minimum Gasteiger partial charge on any atom is -0.340 e. The van der Waals surface area contributed by atoms with Gasteiger partial charge in [0, 0.05) is 32.6 Å². The van der Waals surface area contributed by atoms with Crippen molar-refractivity contribution in [1.29, 1.82) is 0 Å². The summed E-state index contributed by atoms with van der Waals surface area (Å²) in [5, 5.41) is 3.31. The van der Waals surface area contributed by atoms with Crippen LogP contribution >= 0.6 is 0 Å². The first-order chi connectivity index (χ1) is 12.9. The molecule has 1 aromatic rings. The number of carbonyl (C=O) groups excluding carboxylic acids is 1. The average Bonchev–Trinajstić information content (AvgIpc) is 2.66. The maximum atomic E-state index is 13.0. The molecule has 1 N–H and O–H groups in total. The zero-order valence-corrected chi connectivity index (χ0v) is 17.0. The summed E-state index contributed by atoms with van der Waals surface area (Å²) in [6.45, 7) is 4.91. The molecular weight excluding hydrogens is 369 g/mol. The van der Waals surface area contributed by atoms with E-state index in [0.29, 0.717) is 12.8 Å². The van der Waals surface area contributed by atoms with E-state index < -0.39 is 15.8 Å². The predicted molar refractivity (Wildman–Crippen MR) is 103 cm³/mol. The SMILES string of the molecule is CCCN(C(=O)CCCN(C)S(=O)(=O)c1ccc(F)cc1)C1CCNCC1. The Labute approximate surface area is 161 Å². The van der Waals surface area contributed by atoms with Gasteiger partial charge in [0.1, 0.15) is 5.82 Å². The van der Waals surface area contributed by atoms with Gasteiger partial charge in [-0.25, -0.2) is 17.1 Å². The summed E-state index contributed by atoms with van der Waals surface area (Å²) >= 11 is 0. The van der Waals surface area contributed by atoms with Crippen molar-refractivity contribution in [3.05, 3.63) is 30.1 Å². The quantitative estimate of drug-likeness (QED) is 0.691. The van der Waals surface area contributed by atoms with Crippen molar-refractivity contribution >= 4 is 15.9 Å². The van der Waals surface area contributed by atoms with Crippen molar-refractivity contribution in [2.75, 3.05) is 33.2 Å². The molecule has 1 fully saturated rings. The number of carbonyl (C=O) groups is 1. The maximum Gasteiger partial charge on any atom is 0.242 e. The molecule has 0 aliphatic carbocycles. The van der Waals surface area contributed by atoms with Gasteiger partial charge in [-0.1, -0.05) is 6.92 Å². The summed E-state index contributed by atoms with van der Waals surface area (Å²) in [7, 11) is -2.19. The van der Waals surface area contributed by atoms with E-state index in [9.17, 15) is 17.6 Å². The molecule has 1 heterocycles. The summed E-state index contributed by atoms with van der Waals surface area (Å²) in [5.41, 5.74) is 0. The number of sulfonamides is 1. The highest BCUT2D eigenvalue weighted by molar-refractivity contribution is 7.89. The molecule has 0 radical (unpaired) electrons. The first-order valence-electron chi connectivity index (χ1n) is 9.58. The van der Waals surface area contributed by atoms with Crippen LogP contribution in [0.2, 0.25) is 0 Å². The molecule has 0 atom stereocenters. The number of nitrogens with one attached hydrogen (secondary N) is 1. The lowest BCUT2D eigenvalue weighted by molar-refractivity contribution is -0.134. The van der Waals surface area contributed by atoms with E-state index in [2.05, 4.69) is 12.2 Å². The number of nitrogens with zero attached hydrogens (tertiary/aromatic N) is 2. The van der Waals surface area contributed by atoms with Crippen LogP contribution in [0.3, 0.4) is 0 Å². The standard InChI is InChI=1S/C19H30FN3O3S/c1-3-14-23(17-10-12-21-13-11-17)19(24)5-4-15-22(2)27(25,26)18-8-6-16(20)7-9-18/h6-9,17,21H,3-5,10-15H2,1-2H3. The van der Waals surface area contributed by atoms with Gasteiger partial charge in [-0.3, -0.25) is 4.79 Å². The summed E-state index contributed by atoms with van der Waals surface area (Å²) in [6.07, 6.45) is 3.62. The van der Waals surface area contributed by atoms with Crippen molar-refractivity contribution < 1.29 is 17.6 Å². The fraction of sp³-hybridized carbons (Fsp3) is 0.632. The Morgan fingerprint density at radius 2 is 1.81 bits per heavy atom. The van der Waals surface area contributed by atoms with Crippen LogP contribution in [0, 0.1) is 5.82 Å². The normalized spacial score (nSPS) is 15.9. The number of benzene rings is 1. The molecule has 27 heavy (non-hydrogen) atoms. The lowest BCUT2D eigenvalue weighted by atomic mass is 10.0. The molecule has 0 bridgehead atoms. The zero-order valence-electron chi connectivity index (χ0n) is 16.2. The van der Waals surface area contributed by atoms with Crippen LogP contribution in [-0.2, 0) is 14.8 Å². The maximum absolute atomic E-state index is 13.0. The fourth-order valence-electron chi connectivity index (χ4n) is 3.37. The molecule has 0 spiro atoms. The van der Waals surface area contributed by atoms with Gasteiger partial charge in [-0.2, -0.15) is 0 Å². The van der Waals surface area contributed by atoms with E-state index in [0.717, 1.165) is 51.0 Å². The molecule has 1 aliphatic rings. The zero-order chi connectivity index (χ0) is 19.9. The van der Waals surface area contributed by atoms with Crippen molar-refractivity contribution in [3.8, 4) is 0 Å². The number of piperidine rings is 1. The van der Waals surface area contributed by atoms with Gasteiger partial charge in [-0.05, 0) is 63.0 Å². The molecule has 0 unspecified atom stereocenters. The Bertz CT molecular complexity index is 703. The minimum absolute atomic E-state index is 0.0556. The summed E-state index contributed by atoms with van der Waals surface area (Å²) in [6, 6.07) is 5.05. The third kappa shape index (κ3) is 5.99. The average molecular weight is 400 g/mol. The first-order valence-corrected chi connectivity index (χ1v) is 11.0. The van der Waals surface area contributed by atoms with Crippen LogP contribution in [-0.4, -0.2) is 62.8 Å². The van der Waals surface area contributed by atoms with E-state index in [-0.39, 0.29) is 23.4 Å². The first kappa shape index (κ1) is 21.8. The van der Waals surface area contributed by atoms with Crippen LogP contribution in [0.4, 0.5) is 4.39 Å². The lowest BCUT2D eigenvalue weighted by Gasteiger charge is -2.34. The van der Waals surface area contributed by atoms with Crippen molar-refractivity contribution in [3.63, 3.8) is 0 Å². The van der Waals surface area contributed by atoms with Gasteiger partial charge in [0.15, 0.2) is 0 Å². The summed E-state index contributed by atoms with van der Waals surface area (Å²) in [4.78, 5) is 14.7. The van der Waals surface area contributed by atoms with Crippen molar-refractivity contribution in [2.24, 2.45) is 0 Å². The third-order valence-corrected chi connectivity index (χ3v) is 6.79. The lowest BCUT2D eigenvalue weighted by Crippen LogP contribution is -2.46. The Morgan fingerprint density at radius 3 is 2.41 bits per heavy atom. The number of amides is 1. The molecular formula is C19H30FN3O3S. The molecule has 1 amide bonds. The van der Waals surface area contributed by atoms with Crippen LogP contribution in [0.1, 0.15) is 39.0 Å². The van der Waals surface area contributed by atoms with Crippen LogP contribution in [0.15, 0.2) is 29.2 Å². The Kier molecular flexibility index (Phi) is 8.19. The van der Waals surface area contributed by atoms with Crippen LogP contribution in [0.5, 0.6) is 0 Å². The molecule has 1 aromatic carbocycles. The van der Waals surface area contributed by atoms with E-state index in [1.54, 1.807) is 0 Å². The Balaban J connectivity index is 1.89. The molecule has 0 aromatic heterocycles. The van der Waals surface area contributed by atoms with Gasteiger partial charge in [0.2, 0.25) is 15.9 Å². The van der Waals surface area contributed by atoms with Crippen molar-refractivity contribution in [2.45, 2.75) is 50.0 Å². The highest BCUT2D eigenvalue weighted by Crippen LogP contribution is 2.17. The van der Waals surface area contributed by atoms with Gasteiger partial charge in [0.25, 0.3) is 0 Å². The second kappa shape index (κ2) is 10.1. The third-order valence-electron chi connectivity index (χ3n) is 4.92. The second-order valence-electron chi connectivity index (χ2n) is 6.95. The smallest absolute Gasteiger partial charge is 0.242 e. The number of hydrogen-bond acceptors (Lipinski definition) is 4. The molecule has 1 aliphatic heterocycles. The highest BCUT2D eigenvalue weighted by Gasteiger charge is 2.25. The molecule has 2 rings (SSSR count). The topological polar surface area (TPSA) is 69.7 Å². The van der Waals surface area contributed by atoms with Gasteiger partial charge >= 0.3 is 0 Å². The fourth-order valence-corrected chi connectivity index (χ4v) is 4.58. The second-order valence-corrected chi connectivity index (χ2v) is 9.00. The Morgan fingerprint density at radius 1 is 1.19 bits per heavy atom. The minimum atomic E-state index is -3.67. The van der Waals surface area contributed by atoms with Gasteiger partial charge < -0.3 is 10.2 Å². The van der Waals surface area contributed by atoms with E-state index >= 15 is 0 Å². The van der Waals surface area contributed by atoms with Crippen LogP contribution in [0.25, 0.3) is 0 Å². The van der Waals surface area contributed by atoms with E-state index in [1.807, 2.05) is 4.90 Å². The number of rotatable bonds is 9.